The summed E-state index contributed by atoms with van der Waals surface area (Å²) in [5, 5.41) is 0.131. The van der Waals surface area contributed by atoms with Crippen molar-refractivity contribution in [1.82, 2.24) is 0 Å². The molecule has 3 aromatic rings. The van der Waals surface area contributed by atoms with Gasteiger partial charge >= 0.3 is 0 Å². The molecule has 0 amide bonds. The van der Waals surface area contributed by atoms with E-state index in [1.165, 1.54) is 11.1 Å². The minimum absolute atomic E-state index is 0.0467. The van der Waals surface area contributed by atoms with Crippen molar-refractivity contribution in [3.63, 3.8) is 0 Å². The lowest BCUT2D eigenvalue weighted by molar-refractivity contribution is 0.0505. The van der Waals surface area contributed by atoms with Crippen molar-refractivity contribution in [2.75, 3.05) is 34.4 Å². The van der Waals surface area contributed by atoms with E-state index in [1.807, 2.05) is 24.3 Å². The molecule has 1 aliphatic rings. The standard InChI is InChI=1S/C32H42O6Si/c1-31(2,3)39(7,8)38-26-13-9-23(10-14-26)30-28-18-17-27(37-22-34-6)19-29(28)35-20-32(30,4)24-11-15-25(16-12-24)36-21-33-5/h9-19,30H,20-22H2,1-8H3. The topological polar surface area (TPSA) is 55.4 Å². The highest BCUT2D eigenvalue weighted by Crippen LogP contribution is 2.51. The summed E-state index contributed by atoms with van der Waals surface area (Å²) in [6, 6.07) is 22.9. The number of hydrogen-bond donors (Lipinski definition) is 0. The lowest BCUT2D eigenvalue weighted by Crippen LogP contribution is -2.43. The van der Waals surface area contributed by atoms with Gasteiger partial charge in [-0.2, -0.15) is 0 Å². The summed E-state index contributed by atoms with van der Waals surface area (Å²) in [5.41, 5.74) is 3.16. The molecule has 0 spiro atoms. The van der Waals surface area contributed by atoms with Crippen LogP contribution in [0.25, 0.3) is 0 Å². The summed E-state index contributed by atoms with van der Waals surface area (Å²) < 4.78 is 34.4. The maximum Gasteiger partial charge on any atom is 0.250 e. The van der Waals surface area contributed by atoms with Gasteiger partial charge in [0.2, 0.25) is 8.32 Å². The SMILES string of the molecule is COCOc1ccc(C2(C)COc3cc(OCOC)ccc3C2c2ccc(O[Si](C)(C)C(C)(C)C)cc2)cc1. The highest BCUT2D eigenvalue weighted by molar-refractivity contribution is 6.74. The Labute approximate surface area is 234 Å². The van der Waals surface area contributed by atoms with E-state index < -0.39 is 8.32 Å². The van der Waals surface area contributed by atoms with Crippen molar-refractivity contribution in [3.8, 4) is 23.0 Å². The fraction of sp³-hybridized carbons (Fsp3) is 0.438. The molecule has 2 unspecified atom stereocenters. The van der Waals surface area contributed by atoms with Crippen LogP contribution in [0.1, 0.15) is 50.3 Å². The first-order valence-corrected chi connectivity index (χ1v) is 16.3. The van der Waals surface area contributed by atoms with Crippen molar-refractivity contribution >= 4 is 8.32 Å². The zero-order chi connectivity index (χ0) is 28.3. The van der Waals surface area contributed by atoms with Gasteiger partial charge in [0.15, 0.2) is 13.6 Å². The van der Waals surface area contributed by atoms with Gasteiger partial charge < -0.3 is 28.1 Å². The van der Waals surface area contributed by atoms with E-state index in [0.29, 0.717) is 6.61 Å². The average Bonchev–Trinajstić information content (AvgIpc) is 2.91. The third-order valence-corrected chi connectivity index (χ3v) is 12.4. The van der Waals surface area contributed by atoms with Gasteiger partial charge in [0.25, 0.3) is 0 Å². The summed E-state index contributed by atoms with van der Waals surface area (Å²) in [6.07, 6.45) is 0. The average molecular weight is 551 g/mol. The van der Waals surface area contributed by atoms with Gasteiger partial charge in [0.1, 0.15) is 23.0 Å². The van der Waals surface area contributed by atoms with Gasteiger partial charge in [-0.1, -0.05) is 58.0 Å². The van der Waals surface area contributed by atoms with E-state index >= 15 is 0 Å². The van der Waals surface area contributed by atoms with Crippen molar-refractivity contribution in [1.29, 1.82) is 0 Å². The molecule has 0 radical (unpaired) electrons. The van der Waals surface area contributed by atoms with Crippen molar-refractivity contribution in [3.05, 3.63) is 83.4 Å². The van der Waals surface area contributed by atoms with Gasteiger partial charge in [-0.15, -0.1) is 0 Å². The summed E-state index contributed by atoms with van der Waals surface area (Å²) >= 11 is 0. The monoisotopic (exact) mass is 550 g/mol. The smallest absolute Gasteiger partial charge is 0.250 e. The molecule has 0 bridgehead atoms. The summed E-state index contributed by atoms with van der Waals surface area (Å²) in [7, 11) is 1.29. The van der Waals surface area contributed by atoms with E-state index in [-0.39, 0.29) is 30.0 Å². The van der Waals surface area contributed by atoms with E-state index in [1.54, 1.807) is 14.2 Å². The quantitative estimate of drug-likeness (QED) is 0.192. The normalized spacial score (nSPS) is 19.1. The third-order valence-electron chi connectivity index (χ3n) is 8.05. The second kappa shape index (κ2) is 11.6. The predicted octanol–water partition coefficient (Wildman–Crippen LogP) is 7.52. The Kier molecular flexibility index (Phi) is 8.64. The first-order chi connectivity index (χ1) is 18.5. The number of methoxy groups -OCH3 is 2. The van der Waals surface area contributed by atoms with Crippen LogP contribution in [0, 0.1) is 0 Å². The highest BCUT2D eigenvalue weighted by Gasteiger charge is 2.44. The zero-order valence-corrected chi connectivity index (χ0v) is 25.5. The molecule has 4 rings (SSSR count). The molecular weight excluding hydrogens is 508 g/mol. The van der Waals surface area contributed by atoms with Crippen LogP contribution in [0.3, 0.4) is 0 Å². The second-order valence-electron chi connectivity index (χ2n) is 11.9. The molecule has 0 saturated heterocycles. The van der Waals surface area contributed by atoms with Crippen LogP contribution in [-0.2, 0) is 14.9 Å². The molecule has 0 aliphatic carbocycles. The molecule has 1 heterocycles. The van der Waals surface area contributed by atoms with E-state index in [4.69, 9.17) is 28.1 Å². The maximum absolute atomic E-state index is 6.58. The van der Waals surface area contributed by atoms with Gasteiger partial charge in [0.05, 0.1) is 6.61 Å². The summed E-state index contributed by atoms with van der Waals surface area (Å²) in [6.45, 7) is 14.5. The lowest BCUT2D eigenvalue weighted by atomic mass is 9.65. The number of fused-ring (bicyclic) bond motifs is 1. The van der Waals surface area contributed by atoms with Crippen LogP contribution in [-0.4, -0.2) is 42.7 Å². The first kappa shape index (κ1) is 29.0. The molecule has 7 heteroatoms. The molecule has 1 aliphatic heterocycles. The Morgan fingerprint density at radius 3 is 1.97 bits per heavy atom. The van der Waals surface area contributed by atoms with E-state index in [0.717, 1.165) is 28.6 Å². The third kappa shape index (κ3) is 6.26. The molecule has 3 aromatic carbocycles. The fourth-order valence-corrected chi connectivity index (χ4v) is 5.81. The second-order valence-corrected chi connectivity index (χ2v) is 16.6. The molecule has 39 heavy (non-hydrogen) atoms. The van der Waals surface area contributed by atoms with Crippen LogP contribution in [0.2, 0.25) is 18.1 Å². The summed E-state index contributed by atoms with van der Waals surface area (Å²) in [4.78, 5) is 0. The van der Waals surface area contributed by atoms with Crippen LogP contribution >= 0.6 is 0 Å². The minimum atomic E-state index is -1.94. The largest absolute Gasteiger partial charge is 0.544 e. The van der Waals surface area contributed by atoms with E-state index in [2.05, 4.69) is 83.3 Å². The van der Waals surface area contributed by atoms with Crippen molar-refractivity contribution < 1.29 is 28.1 Å². The Morgan fingerprint density at radius 2 is 1.38 bits per heavy atom. The Hall–Kier alpha value is -3.00. The fourth-order valence-electron chi connectivity index (χ4n) is 4.78. The van der Waals surface area contributed by atoms with Crippen molar-refractivity contribution in [2.24, 2.45) is 0 Å². The van der Waals surface area contributed by atoms with Gasteiger partial charge in [-0.3, -0.25) is 0 Å². The van der Waals surface area contributed by atoms with Crippen LogP contribution < -0.4 is 18.6 Å². The van der Waals surface area contributed by atoms with Gasteiger partial charge in [-0.05, 0) is 59.6 Å². The number of hydrogen-bond acceptors (Lipinski definition) is 6. The Morgan fingerprint density at radius 1 is 0.821 bits per heavy atom. The molecule has 6 nitrogen and oxygen atoms in total. The number of rotatable bonds is 10. The van der Waals surface area contributed by atoms with Crippen LogP contribution in [0.5, 0.6) is 23.0 Å². The van der Waals surface area contributed by atoms with Gasteiger partial charge in [0, 0.05) is 37.2 Å². The highest BCUT2D eigenvalue weighted by atomic mass is 28.4. The lowest BCUT2D eigenvalue weighted by Gasteiger charge is -2.43. The molecule has 0 saturated carbocycles. The predicted molar refractivity (Wildman–Crippen MR) is 157 cm³/mol. The summed E-state index contributed by atoms with van der Waals surface area (Å²) in [5.74, 6) is 3.28. The van der Waals surface area contributed by atoms with Crippen LogP contribution in [0.4, 0.5) is 0 Å². The van der Waals surface area contributed by atoms with Crippen molar-refractivity contribution in [2.45, 2.75) is 57.2 Å². The molecular formula is C32H42O6Si. The first-order valence-electron chi connectivity index (χ1n) is 13.4. The molecule has 0 fully saturated rings. The maximum atomic E-state index is 6.58. The Bertz CT molecular complexity index is 1230. The molecule has 0 aromatic heterocycles. The van der Waals surface area contributed by atoms with Gasteiger partial charge in [-0.25, -0.2) is 0 Å². The number of ether oxygens (including phenoxy) is 5. The Balaban J connectivity index is 1.73. The molecule has 0 N–H and O–H groups in total. The van der Waals surface area contributed by atoms with Crippen LogP contribution in [0.15, 0.2) is 66.7 Å². The van der Waals surface area contributed by atoms with E-state index in [9.17, 15) is 0 Å². The number of benzene rings is 3. The zero-order valence-electron chi connectivity index (χ0n) is 24.5. The molecule has 2 atom stereocenters. The minimum Gasteiger partial charge on any atom is -0.544 e. The molecule has 210 valence electrons.